The summed E-state index contributed by atoms with van der Waals surface area (Å²) in [6, 6.07) is 12.3. The fourth-order valence-corrected chi connectivity index (χ4v) is 2.13. The van der Waals surface area contributed by atoms with Crippen molar-refractivity contribution in [3.63, 3.8) is 0 Å². The standard InChI is InChI=1S/C15H12N4/c1-10-3-5-12(6-4-10)14-7-8-17-15-13(9-16)11(2)18-19(14)15/h3-8H,1-2H3. The minimum atomic E-state index is 0.536. The van der Waals surface area contributed by atoms with Crippen LogP contribution in [0.4, 0.5) is 0 Å². The first-order chi connectivity index (χ1) is 9.20. The molecule has 0 saturated heterocycles. The van der Waals surface area contributed by atoms with Crippen LogP contribution in [0.25, 0.3) is 16.9 Å². The van der Waals surface area contributed by atoms with Crippen LogP contribution < -0.4 is 0 Å². The Bertz CT molecular complexity index is 791. The maximum absolute atomic E-state index is 9.16. The minimum Gasteiger partial charge on any atom is -0.236 e. The normalized spacial score (nSPS) is 10.6. The third kappa shape index (κ3) is 1.76. The van der Waals surface area contributed by atoms with Gasteiger partial charge in [-0.25, -0.2) is 9.50 Å². The van der Waals surface area contributed by atoms with Crippen molar-refractivity contribution in [1.29, 1.82) is 5.26 Å². The Morgan fingerprint density at radius 2 is 1.84 bits per heavy atom. The average molecular weight is 248 g/mol. The number of aryl methyl sites for hydroxylation is 2. The highest BCUT2D eigenvalue weighted by Crippen LogP contribution is 2.22. The lowest BCUT2D eigenvalue weighted by Crippen LogP contribution is -1.95. The van der Waals surface area contributed by atoms with Gasteiger partial charge in [0.25, 0.3) is 0 Å². The van der Waals surface area contributed by atoms with E-state index in [1.54, 1.807) is 10.7 Å². The second-order valence-corrected chi connectivity index (χ2v) is 4.50. The highest BCUT2D eigenvalue weighted by Gasteiger charge is 2.13. The van der Waals surface area contributed by atoms with Crippen molar-refractivity contribution >= 4 is 5.65 Å². The first-order valence-electron chi connectivity index (χ1n) is 6.02. The zero-order chi connectivity index (χ0) is 13.4. The number of fused-ring (bicyclic) bond motifs is 1. The van der Waals surface area contributed by atoms with E-state index < -0.39 is 0 Å². The van der Waals surface area contributed by atoms with Gasteiger partial charge in [0.2, 0.25) is 0 Å². The van der Waals surface area contributed by atoms with Crippen LogP contribution in [0.1, 0.15) is 16.8 Å². The predicted molar refractivity (Wildman–Crippen MR) is 72.6 cm³/mol. The lowest BCUT2D eigenvalue weighted by atomic mass is 10.1. The average Bonchev–Trinajstić information content (AvgIpc) is 2.75. The first-order valence-corrected chi connectivity index (χ1v) is 6.02. The fraction of sp³-hybridized carbons (Fsp3) is 0.133. The number of hydrogen-bond donors (Lipinski definition) is 0. The van der Waals surface area contributed by atoms with Crippen molar-refractivity contribution < 1.29 is 0 Å². The van der Waals surface area contributed by atoms with Gasteiger partial charge >= 0.3 is 0 Å². The van der Waals surface area contributed by atoms with Crippen LogP contribution in [-0.2, 0) is 0 Å². The number of nitrogens with zero attached hydrogens (tertiary/aromatic N) is 4. The molecule has 2 heterocycles. The van der Waals surface area contributed by atoms with Gasteiger partial charge in [0.05, 0.1) is 11.4 Å². The maximum Gasteiger partial charge on any atom is 0.173 e. The largest absolute Gasteiger partial charge is 0.236 e. The molecular formula is C15H12N4. The molecule has 0 fully saturated rings. The van der Waals surface area contributed by atoms with Gasteiger partial charge in [0.1, 0.15) is 11.6 Å². The number of rotatable bonds is 1. The Balaban J connectivity index is 2.31. The molecule has 0 radical (unpaired) electrons. The van der Waals surface area contributed by atoms with Crippen LogP contribution in [0, 0.1) is 25.2 Å². The molecule has 4 heteroatoms. The van der Waals surface area contributed by atoms with Gasteiger partial charge in [-0.15, -0.1) is 0 Å². The second-order valence-electron chi connectivity index (χ2n) is 4.50. The van der Waals surface area contributed by atoms with E-state index in [1.165, 1.54) is 5.56 Å². The van der Waals surface area contributed by atoms with E-state index in [1.807, 2.05) is 25.1 Å². The van der Waals surface area contributed by atoms with Crippen LogP contribution in [0.5, 0.6) is 0 Å². The van der Waals surface area contributed by atoms with Crippen molar-refractivity contribution in [2.75, 3.05) is 0 Å². The Morgan fingerprint density at radius 1 is 1.11 bits per heavy atom. The number of hydrogen-bond acceptors (Lipinski definition) is 3. The molecule has 0 bridgehead atoms. The predicted octanol–water partition coefficient (Wildman–Crippen LogP) is 2.88. The molecule has 0 amide bonds. The summed E-state index contributed by atoms with van der Waals surface area (Å²) in [5.41, 5.74) is 5.06. The minimum absolute atomic E-state index is 0.536. The summed E-state index contributed by atoms with van der Waals surface area (Å²) in [6.45, 7) is 3.88. The molecule has 0 unspecified atom stereocenters. The van der Waals surface area contributed by atoms with Crippen LogP contribution in [0.2, 0.25) is 0 Å². The smallest absolute Gasteiger partial charge is 0.173 e. The number of aromatic nitrogens is 3. The molecule has 3 rings (SSSR count). The fourth-order valence-electron chi connectivity index (χ4n) is 2.13. The molecule has 1 aromatic carbocycles. The molecule has 92 valence electrons. The van der Waals surface area contributed by atoms with E-state index in [9.17, 15) is 0 Å². The Hall–Kier alpha value is -2.67. The van der Waals surface area contributed by atoms with Crippen molar-refractivity contribution in [2.45, 2.75) is 13.8 Å². The highest BCUT2D eigenvalue weighted by atomic mass is 15.3. The van der Waals surface area contributed by atoms with Gasteiger partial charge in [-0.1, -0.05) is 29.8 Å². The molecule has 2 aromatic heterocycles. The summed E-state index contributed by atoms with van der Waals surface area (Å²) in [7, 11) is 0. The van der Waals surface area contributed by atoms with E-state index in [4.69, 9.17) is 5.26 Å². The monoisotopic (exact) mass is 248 g/mol. The van der Waals surface area contributed by atoms with Gasteiger partial charge in [-0.05, 0) is 19.9 Å². The SMILES string of the molecule is Cc1ccc(-c2ccnc3c(C#N)c(C)nn23)cc1. The van der Waals surface area contributed by atoms with Gasteiger partial charge in [0, 0.05) is 11.8 Å². The summed E-state index contributed by atoms with van der Waals surface area (Å²) in [6.07, 6.45) is 1.71. The van der Waals surface area contributed by atoms with E-state index in [0.717, 1.165) is 11.3 Å². The van der Waals surface area contributed by atoms with Gasteiger partial charge in [-0.3, -0.25) is 0 Å². The van der Waals surface area contributed by atoms with E-state index in [-0.39, 0.29) is 0 Å². The summed E-state index contributed by atoms with van der Waals surface area (Å²) in [4.78, 5) is 4.25. The third-order valence-electron chi connectivity index (χ3n) is 3.15. The van der Waals surface area contributed by atoms with Crippen molar-refractivity contribution in [3.8, 4) is 17.3 Å². The van der Waals surface area contributed by atoms with Crippen molar-refractivity contribution in [3.05, 3.63) is 53.3 Å². The Kier molecular flexibility index (Phi) is 2.53. The molecule has 4 nitrogen and oxygen atoms in total. The van der Waals surface area contributed by atoms with Crippen LogP contribution in [0.3, 0.4) is 0 Å². The van der Waals surface area contributed by atoms with Crippen LogP contribution in [0.15, 0.2) is 36.5 Å². The number of nitriles is 1. The molecular weight excluding hydrogens is 236 g/mol. The van der Waals surface area contributed by atoms with Crippen LogP contribution >= 0.6 is 0 Å². The highest BCUT2D eigenvalue weighted by molar-refractivity contribution is 5.66. The molecule has 0 atom stereocenters. The summed E-state index contributed by atoms with van der Waals surface area (Å²) >= 11 is 0. The van der Waals surface area contributed by atoms with Crippen LogP contribution in [-0.4, -0.2) is 14.6 Å². The topological polar surface area (TPSA) is 54.0 Å². The maximum atomic E-state index is 9.16. The summed E-state index contributed by atoms with van der Waals surface area (Å²) in [5.74, 6) is 0. The quantitative estimate of drug-likeness (QED) is 0.665. The molecule has 3 aromatic rings. The molecule has 0 aliphatic carbocycles. The molecule has 0 aliphatic heterocycles. The lowest BCUT2D eigenvalue weighted by Gasteiger charge is -2.04. The van der Waals surface area contributed by atoms with Crippen molar-refractivity contribution in [2.24, 2.45) is 0 Å². The molecule has 0 N–H and O–H groups in total. The Labute approximate surface area is 111 Å². The second kappa shape index (κ2) is 4.21. The first kappa shape index (κ1) is 11.4. The van der Waals surface area contributed by atoms with E-state index in [2.05, 4.69) is 35.2 Å². The lowest BCUT2D eigenvalue weighted by molar-refractivity contribution is 0.925. The molecule has 0 saturated carbocycles. The van der Waals surface area contributed by atoms with Crippen molar-refractivity contribution in [1.82, 2.24) is 14.6 Å². The zero-order valence-electron chi connectivity index (χ0n) is 10.8. The zero-order valence-corrected chi connectivity index (χ0v) is 10.8. The molecule has 19 heavy (non-hydrogen) atoms. The van der Waals surface area contributed by atoms with E-state index in [0.29, 0.717) is 16.9 Å². The van der Waals surface area contributed by atoms with Gasteiger partial charge < -0.3 is 0 Å². The molecule has 0 spiro atoms. The molecule has 0 aliphatic rings. The summed E-state index contributed by atoms with van der Waals surface area (Å²) in [5, 5.41) is 13.6. The van der Waals surface area contributed by atoms with Gasteiger partial charge in [-0.2, -0.15) is 10.4 Å². The van der Waals surface area contributed by atoms with E-state index >= 15 is 0 Å². The Morgan fingerprint density at radius 3 is 2.53 bits per heavy atom. The summed E-state index contributed by atoms with van der Waals surface area (Å²) < 4.78 is 1.73. The number of benzene rings is 1. The third-order valence-corrected chi connectivity index (χ3v) is 3.15. The van der Waals surface area contributed by atoms with Gasteiger partial charge in [0.15, 0.2) is 5.65 Å².